The predicted octanol–water partition coefficient (Wildman–Crippen LogP) is 3.66. The molecule has 2 N–H and O–H groups in total. The van der Waals surface area contributed by atoms with Crippen LogP contribution in [0.4, 0.5) is 18.0 Å². The van der Waals surface area contributed by atoms with Gasteiger partial charge in [-0.05, 0) is 45.6 Å². The number of nitrogens with one attached hydrogen (secondary N) is 2. The van der Waals surface area contributed by atoms with E-state index < -0.39 is 42.7 Å². The molecule has 0 aliphatic heterocycles. The minimum absolute atomic E-state index is 0.146. The lowest BCUT2D eigenvalue weighted by atomic mass is 10.1. The molecule has 0 spiro atoms. The van der Waals surface area contributed by atoms with E-state index in [-0.39, 0.29) is 12.5 Å². The maximum atomic E-state index is 12.4. The van der Waals surface area contributed by atoms with Crippen molar-refractivity contribution in [2.75, 3.05) is 0 Å². The second-order valence-electron chi connectivity index (χ2n) is 8.65. The zero-order valence-corrected chi connectivity index (χ0v) is 17.6. The molecule has 8 nitrogen and oxygen atoms in total. The monoisotopic (exact) mass is 441 g/mol. The molecule has 170 valence electrons. The number of hydrogen-bond acceptors (Lipinski definition) is 5. The van der Waals surface area contributed by atoms with Gasteiger partial charge in [0.2, 0.25) is 11.7 Å². The van der Waals surface area contributed by atoms with Crippen LogP contribution in [0.2, 0.25) is 0 Å². The maximum Gasteiger partial charge on any atom is 0.407 e. The van der Waals surface area contributed by atoms with Gasteiger partial charge >= 0.3 is 12.3 Å². The highest BCUT2D eigenvalue weighted by Crippen LogP contribution is 2.40. The number of hydrogen-bond donors (Lipinski definition) is 2. The Morgan fingerprint density at radius 3 is 2.58 bits per heavy atom. The number of amides is 2. The van der Waals surface area contributed by atoms with E-state index in [9.17, 15) is 22.8 Å². The van der Waals surface area contributed by atoms with E-state index >= 15 is 0 Å². The molecule has 3 rings (SSSR count). The van der Waals surface area contributed by atoms with Gasteiger partial charge in [0, 0.05) is 18.8 Å². The van der Waals surface area contributed by atoms with Gasteiger partial charge in [-0.25, -0.2) is 14.8 Å². The van der Waals surface area contributed by atoms with Crippen LogP contribution >= 0.6 is 0 Å². The predicted molar refractivity (Wildman–Crippen MR) is 105 cm³/mol. The summed E-state index contributed by atoms with van der Waals surface area (Å²) in [6.45, 7) is 5.44. The molecule has 0 saturated heterocycles. The molecule has 2 aromatic heterocycles. The highest BCUT2D eigenvalue weighted by molar-refractivity contribution is 5.76. The quantitative estimate of drug-likeness (QED) is 0.683. The normalized spacial score (nSPS) is 15.5. The van der Waals surface area contributed by atoms with Gasteiger partial charge in [0.05, 0.1) is 30.4 Å². The Morgan fingerprint density at radius 2 is 1.97 bits per heavy atom. The van der Waals surface area contributed by atoms with Crippen LogP contribution in [0.1, 0.15) is 63.9 Å². The van der Waals surface area contributed by atoms with Gasteiger partial charge < -0.3 is 15.4 Å². The third-order valence-electron chi connectivity index (χ3n) is 4.57. The summed E-state index contributed by atoms with van der Waals surface area (Å²) >= 11 is 0. The fourth-order valence-electron chi connectivity index (χ4n) is 3.03. The number of imidazole rings is 1. The fraction of sp³-hybridized carbons (Fsp3) is 0.600. The van der Waals surface area contributed by atoms with Crippen molar-refractivity contribution in [3.05, 3.63) is 29.8 Å². The minimum Gasteiger partial charge on any atom is -0.444 e. The topological polar surface area (TPSA) is 97.6 Å². The molecule has 2 aromatic rings. The van der Waals surface area contributed by atoms with Crippen LogP contribution in [-0.4, -0.2) is 38.1 Å². The second-order valence-corrected chi connectivity index (χ2v) is 8.65. The third kappa shape index (κ3) is 7.11. The molecule has 1 unspecified atom stereocenters. The van der Waals surface area contributed by atoms with Gasteiger partial charge in [-0.15, -0.1) is 0 Å². The van der Waals surface area contributed by atoms with Crippen molar-refractivity contribution >= 4 is 17.8 Å². The van der Waals surface area contributed by atoms with Crippen molar-refractivity contribution in [1.29, 1.82) is 0 Å². The van der Waals surface area contributed by atoms with Crippen molar-refractivity contribution in [2.24, 2.45) is 5.92 Å². The Bertz CT molecular complexity index is 948. The van der Waals surface area contributed by atoms with Gasteiger partial charge in [0.1, 0.15) is 5.60 Å². The third-order valence-corrected chi connectivity index (χ3v) is 4.57. The molecule has 0 bridgehead atoms. The summed E-state index contributed by atoms with van der Waals surface area (Å²) in [5, 5.41) is 5.31. The fourth-order valence-corrected chi connectivity index (χ4v) is 3.03. The lowest BCUT2D eigenvalue weighted by molar-refractivity contribution is -0.144. The van der Waals surface area contributed by atoms with Crippen LogP contribution in [0, 0.1) is 5.92 Å². The molecule has 0 aromatic carbocycles. The Balaban J connectivity index is 1.66. The summed E-state index contributed by atoms with van der Waals surface area (Å²) in [5.74, 6) is -0.136. The molecular formula is C20H26F3N5O3. The van der Waals surface area contributed by atoms with Crippen LogP contribution in [0.3, 0.4) is 0 Å². The van der Waals surface area contributed by atoms with E-state index in [1.807, 2.05) is 0 Å². The molecule has 0 radical (unpaired) electrons. The van der Waals surface area contributed by atoms with Crippen molar-refractivity contribution in [2.45, 2.75) is 70.8 Å². The smallest absolute Gasteiger partial charge is 0.407 e. The van der Waals surface area contributed by atoms with E-state index in [4.69, 9.17) is 4.74 Å². The van der Waals surface area contributed by atoms with Crippen molar-refractivity contribution in [3.8, 4) is 0 Å². The highest BCUT2D eigenvalue weighted by atomic mass is 19.4. The number of ether oxygens (including phenoxy) is 1. The molecule has 1 fully saturated rings. The van der Waals surface area contributed by atoms with Crippen LogP contribution in [0.15, 0.2) is 18.5 Å². The average molecular weight is 441 g/mol. The summed E-state index contributed by atoms with van der Waals surface area (Å²) in [4.78, 5) is 32.7. The Labute approximate surface area is 177 Å². The Hall–Kier alpha value is -2.85. The van der Waals surface area contributed by atoms with Gasteiger partial charge in [0.15, 0.2) is 0 Å². The molecule has 2 amide bonds. The summed E-state index contributed by atoms with van der Waals surface area (Å²) < 4.78 is 44.0. The molecule has 1 atom stereocenters. The number of rotatable bonds is 7. The van der Waals surface area contributed by atoms with E-state index in [2.05, 4.69) is 20.6 Å². The molecule has 11 heteroatoms. The lowest BCUT2D eigenvalue weighted by Crippen LogP contribution is -2.32. The minimum atomic E-state index is -4.37. The largest absolute Gasteiger partial charge is 0.444 e. The van der Waals surface area contributed by atoms with E-state index in [0.717, 1.165) is 12.8 Å². The summed E-state index contributed by atoms with van der Waals surface area (Å²) in [7, 11) is 0. The first-order valence-electron chi connectivity index (χ1n) is 10.1. The van der Waals surface area contributed by atoms with Crippen LogP contribution in [-0.2, 0) is 16.1 Å². The van der Waals surface area contributed by atoms with Crippen molar-refractivity contribution in [3.63, 3.8) is 0 Å². The first-order chi connectivity index (χ1) is 14.4. The van der Waals surface area contributed by atoms with Crippen LogP contribution in [0.5, 0.6) is 0 Å². The number of halogens is 3. The number of nitrogens with zero attached hydrogens (tertiary/aromatic N) is 3. The molecular weight excluding hydrogens is 415 g/mol. The molecule has 1 aliphatic rings. The van der Waals surface area contributed by atoms with Crippen molar-refractivity contribution < 1.29 is 27.5 Å². The highest BCUT2D eigenvalue weighted by Gasteiger charge is 2.35. The van der Waals surface area contributed by atoms with Crippen LogP contribution in [0.25, 0.3) is 5.78 Å². The standard InChI is InChI=1S/C20H26F3N5O3/c1-19(2,3)31-18(30)24-10-13-11-28-9-7-14(26-17(28)25-13)16(12-4-5-12)27-15(29)6-8-20(21,22)23/h7,9,11-12,16H,4-6,8,10H2,1-3H3,(H,24,30)(H,27,29). The zero-order valence-electron chi connectivity index (χ0n) is 17.6. The molecule has 2 heterocycles. The molecule has 1 aliphatic carbocycles. The van der Waals surface area contributed by atoms with Gasteiger partial charge in [-0.1, -0.05) is 0 Å². The summed E-state index contributed by atoms with van der Waals surface area (Å²) in [6, 6.07) is 1.26. The summed E-state index contributed by atoms with van der Waals surface area (Å²) in [5.41, 5.74) is 0.502. The van der Waals surface area contributed by atoms with Crippen molar-refractivity contribution in [1.82, 2.24) is 25.0 Å². The summed E-state index contributed by atoms with van der Waals surface area (Å²) in [6.07, 6.45) is -1.53. The SMILES string of the molecule is CC(C)(C)OC(=O)NCc1cn2ccc(C(NC(=O)CCC(F)(F)F)C3CC3)nc2n1. The Morgan fingerprint density at radius 1 is 1.26 bits per heavy atom. The lowest BCUT2D eigenvalue weighted by Gasteiger charge is -2.19. The average Bonchev–Trinajstić information content (AvgIpc) is 3.39. The van der Waals surface area contributed by atoms with Gasteiger partial charge in [-0.2, -0.15) is 13.2 Å². The number of carbonyl (C=O) groups excluding carboxylic acids is 2. The van der Waals surface area contributed by atoms with E-state index in [1.165, 1.54) is 0 Å². The maximum absolute atomic E-state index is 12.4. The number of alkyl carbamates (subject to hydrolysis) is 1. The molecule has 1 saturated carbocycles. The van der Waals surface area contributed by atoms with Gasteiger partial charge in [-0.3, -0.25) is 9.20 Å². The second kappa shape index (κ2) is 8.72. The number of carbonyl (C=O) groups is 2. The number of aromatic nitrogens is 3. The van der Waals surface area contributed by atoms with Gasteiger partial charge in [0.25, 0.3) is 0 Å². The first-order valence-corrected chi connectivity index (χ1v) is 10.1. The molecule has 31 heavy (non-hydrogen) atoms. The van der Waals surface area contributed by atoms with E-state index in [1.54, 1.807) is 43.6 Å². The first kappa shape index (κ1) is 22.8. The Kier molecular flexibility index (Phi) is 6.42. The number of fused-ring (bicyclic) bond motifs is 1. The zero-order chi connectivity index (χ0) is 22.8. The van der Waals surface area contributed by atoms with E-state index in [0.29, 0.717) is 17.2 Å². The number of alkyl halides is 3. The van der Waals surface area contributed by atoms with Crippen LogP contribution < -0.4 is 10.6 Å².